The average Bonchev–Trinajstić information content (AvgIpc) is 2.21. The van der Waals surface area contributed by atoms with Crippen molar-refractivity contribution in [2.24, 2.45) is 0 Å². The topological polar surface area (TPSA) is 32.3 Å². The highest BCUT2D eigenvalue weighted by Crippen LogP contribution is 2.25. The maximum Gasteiger partial charge on any atom is 0.123 e. The summed E-state index contributed by atoms with van der Waals surface area (Å²) in [4.78, 5) is 0. The summed E-state index contributed by atoms with van der Waals surface area (Å²) in [5.41, 5.74) is 0.607. The van der Waals surface area contributed by atoms with E-state index in [9.17, 15) is 9.50 Å². The van der Waals surface area contributed by atoms with E-state index in [-0.39, 0.29) is 17.6 Å². The Hall–Kier alpha value is -1.09. The summed E-state index contributed by atoms with van der Waals surface area (Å²) in [5, 5.41) is 12.9. The molecule has 84 valence electrons. The minimum absolute atomic E-state index is 0.0457. The van der Waals surface area contributed by atoms with Crippen molar-refractivity contribution in [3.8, 4) is 5.75 Å². The van der Waals surface area contributed by atoms with Gasteiger partial charge in [0.05, 0.1) is 0 Å². The molecule has 2 N–H and O–H groups in total. The Morgan fingerprint density at radius 1 is 1.40 bits per heavy atom. The van der Waals surface area contributed by atoms with Crippen LogP contribution in [0.5, 0.6) is 5.75 Å². The molecule has 15 heavy (non-hydrogen) atoms. The van der Waals surface area contributed by atoms with Gasteiger partial charge in [-0.05, 0) is 38.5 Å². The second kappa shape index (κ2) is 5.12. The molecule has 0 aliphatic rings. The van der Waals surface area contributed by atoms with E-state index in [0.29, 0.717) is 11.6 Å². The Bertz CT molecular complexity index is 327. The van der Waals surface area contributed by atoms with Gasteiger partial charge >= 0.3 is 0 Å². The lowest BCUT2D eigenvalue weighted by Gasteiger charge is -2.20. The first kappa shape index (κ1) is 12.0. The molecule has 0 saturated heterocycles. The van der Waals surface area contributed by atoms with Crippen molar-refractivity contribution in [3.05, 3.63) is 29.6 Å². The van der Waals surface area contributed by atoms with E-state index < -0.39 is 0 Å². The molecule has 0 spiro atoms. The van der Waals surface area contributed by atoms with Crippen LogP contribution in [0.2, 0.25) is 0 Å². The molecule has 2 nitrogen and oxygen atoms in total. The highest BCUT2D eigenvalue weighted by Gasteiger charge is 2.12. The summed E-state index contributed by atoms with van der Waals surface area (Å²) in [6.07, 6.45) is 1.00. The van der Waals surface area contributed by atoms with Crippen LogP contribution in [0.15, 0.2) is 18.2 Å². The summed E-state index contributed by atoms with van der Waals surface area (Å²) in [5.74, 6) is -0.180. The number of nitrogens with one attached hydrogen (secondary N) is 1. The number of aromatic hydroxyl groups is 1. The van der Waals surface area contributed by atoms with Crippen molar-refractivity contribution < 1.29 is 9.50 Å². The standard InChI is InChI=1S/C12H18FNO/c1-4-8(2)14-9(3)11-7-10(13)5-6-12(11)15/h5-9,14-15H,4H2,1-3H3/t8-,9-/m0/s1. The van der Waals surface area contributed by atoms with Crippen LogP contribution in [0.1, 0.15) is 38.8 Å². The molecule has 1 aromatic carbocycles. The smallest absolute Gasteiger partial charge is 0.123 e. The van der Waals surface area contributed by atoms with Crippen molar-refractivity contribution >= 4 is 0 Å². The van der Waals surface area contributed by atoms with Gasteiger partial charge in [0.25, 0.3) is 0 Å². The minimum Gasteiger partial charge on any atom is -0.508 e. The van der Waals surface area contributed by atoms with Gasteiger partial charge in [-0.1, -0.05) is 6.92 Å². The van der Waals surface area contributed by atoms with Gasteiger partial charge in [0.2, 0.25) is 0 Å². The fourth-order valence-corrected chi connectivity index (χ4v) is 1.51. The van der Waals surface area contributed by atoms with E-state index >= 15 is 0 Å². The first-order chi connectivity index (χ1) is 7.04. The van der Waals surface area contributed by atoms with Crippen LogP contribution in [-0.2, 0) is 0 Å². The lowest BCUT2D eigenvalue weighted by atomic mass is 10.1. The number of hydrogen-bond acceptors (Lipinski definition) is 2. The number of phenols is 1. The minimum atomic E-state index is -0.319. The number of halogens is 1. The first-order valence-electron chi connectivity index (χ1n) is 5.29. The van der Waals surface area contributed by atoms with Crippen molar-refractivity contribution in [1.82, 2.24) is 5.32 Å². The summed E-state index contributed by atoms with van der Waals surface area (Å²) in [6.45, 7) is 6.06. The zero-order valence-corrected chi connectivity index (χ0v) is 9.42. The third-order valence-corrected chi connectivity index (χ3v) is 2.60. The quantitative estimate of drug-likeness (QED) is 0.802. The molecular formula is C12H18FNO. The Morgan fingerprint density at radius 3 is 2.67 bits per heavy atom. The zero-order valence-electron chi connectivity index (χ0n) is 9.42. The number of rotatable bonds is 4. The number of phenolic OH excluding ortho intramolecular Hbond substituents is 1. The molecule has 2 atom stereocenters. The largest absolute Gasteiger partial charge is 0.508 e. The fourth-order valence-electron chi connectivity index (χ4n) is 1.51. The van der Waals surface area contributed by atoms with E-state index in [2.05, 4.69) is 19.2 Å². The molecule has 0 fully saturated rings. The van der Waals surface area contributed by atoms with E-state index in [0.717, 1.165) is 6.42 Å². The van der Waals surface area contributed by atoms with Crippen LogP contribution < -0.4 is 5.32 Å². The van der Waals surface area contributed by atoms with E-state index in [1.54, 1.807) is 0 Å². The van der Waals surface area contributed by atoms with Crippen molar-refractivity contribution in [3.63, 3.8) is 0 Å². The number of benzene rings is 1. The normalized spacial score (nSPS) is 14.9. The Kier molecular flexibility index (Phi) is 4.09. The Balaban J connectivity index is 2.80. The lowest BCUT2D eigenvalue weighted by molar-refractivity contribution is 0.427. The Labute approximate surface area is 90.1 Å². The molecule has 1 aromatic rings. The van der Waals surface area contributed by atoms with Gasteiger partial charge < -0.3 is 10.4 Å². The molecule has 0 heterocycles. The molecule has 0 amide bonds. The van der Waals surface area contributed by atoms with Gasteiger partial charge in [0.1, 0.15) is 11.6 Å². The second-order valence-electron chi connectivity index (χ2n) is 3.90. The van der Waals surface area contributed by atoms with Crippen LogP contribution in [-0.4, -0.2) is 11.1 Å². The lowest BCUT2D eigenvalue weighted by Crippen LogP contribution is -2.28. The summed E-state index contributed by atoms with van der Waals surface area (Å²) >= 11 is 0. The van der Waals surface area contributed by atoms with Crippen LogP contribution in [0.25, 0.3) is 0 Å². The van der Waals surface area contributed by atoms with Gasteiger partial charge in [-0.2, -0.15) is 0 Å². The summed E-state index contributed by atoms with van der Waals surface area (Å²) in [6, 6.07) is 4.32. The molecule has 0 aliphatic heterocycles. The van der Waals surface area contributed by atoms with Gasteiger partial charge in [-0.3, -0.25) is 0 Å². The first-order valence-corrected chi connectivity index (χ1v) is 5.29. The molecule has 0 radical (unpaired) electrons. The number of hydrogen-bond donors (Lipinski definition) is 2. The zero-order chi connectivity index (χ0) is 11.4. The van der Waals surface area contributed by atoms with Crippen LogP contribution in [0.3, 0.4) is 0 Å². The van der Waals surface area contributed by atoms with E-state index in [1.165, 1.54) is 18.2 Å². The average molecular weight is 211 g/mol. The summed E-state index contributed by atoms with van der Waals surface area (Å²) in [7, 11) is 0. The van der Waals surface area contributed by atoms with Crippen molar-refractivity contribution in [2.45, 2.75) is 39.3 Å². The molecule has 0 saturated carbocycles. The van der Waals surface area contributed by atoms with Gasteiger partial charge in [0.15, 0.2) is 0 Å². The maximum atomic E-state index is 13.0. The van der Waals surface area contributed by atoms with Gasteiger partial charge in [0, 0.05) is 17.6 Å². The van der Waals surface area contributed by atoms with Gasteiger partial charge in [-0.15, -0.1) is 0 Å². The maximum absolute atomic E-state index is 13.0. The highest BCUT2D eigenvalue weighted by atomic mass is 19.1. The van der Waals surface area contributed by atoms with Crippen LogP contribution >= 0.6 is 0 Å². The molecule has 0 unspecified atom stereocenters. The van der Waals surface area contributed by atoms with E-state index in [4.69, 9.17) is 0 Å². The molecule has 3 heteroatoms. The third-order valence-electron chi connectivity index (χ3n) is 2.60. The summed E-state index contributed by atoms with van der Waals surface area (Å²) < 4.78 is 13.0. The monoisotopic (exact) mass is 211 g/mol. The Morgan fingerprint density at radius 2 is 2.07 bits per heavy atom. The van der Waals surface area contributed by atoms with Crippen LogP contribution in [0, 0.1) is 5.82 Å². The molecule has 0 aliphatic carbocycles. The van der Waals surface area contributed by atoms with Crippen molar-refractivity contribution in [1.29, 1.82) is 0 Å². The molecule has 1 rings (SSSR count). The highest BCUT2D eigenvalue weighted by molar-refractivity contribution is 5.34. The third kappa shape index (κ3) is 3.20. The fraction of sp³-hybridized carbons (Fsp3) is 0.500. The van der Waals surface area contributed by atoms with Crippen molar-refractivity contribution in [2.75, 3.05) is 0 Å². The van der Waals surface area contributed by atoms with E-state index in [1.807, 2.05) is 6.92 Å². The molecule has 0 bridgehead atoms. The molecular weight excluding hydrogens is 193 g/mol. The van der Waals surface area contributed by atoms with Gasteiger partial charge in [-0.25, -0.2) is 4.39 Å². The van der Waals surface area contributed by atoms with Crippen LogP contribution in [0.4, 0.5) is 4.39 Å². The predicted molar refractivity (Wildman–Crippen MR) is 59.4 cm³/mol. The molecule has 0 aromatic heterocycles. The predicted octanol–water partition coefficient (Wildman–Crippen LogP) is 2.98. The second-order valence-corrected chi connectivity index (χ2v) is 3.90. The SMILES string of the molecule is CC[C@H](C)N[C@@H](C)c1cc(F)ccc1O.